The van der Waals surface area contributed by atoms with E-state index in [2.05, 4.69) is 66.1 Å². The summed E-state index contributed by atoms with van der Waals surface area (Å²) < 4.78 is 2.47. The van der Waals surface area contributed by atoms with E-state index in [9.17, 15) is 0 Å². The summed E-state index contributed by atoms with van der Waals surface area (Å²) in [6.07, 6.45) is 29.6. The SMILES string of the molecule is CCCCCCCCCCC[C@H](CCCCCCCCC)c1[nH]cc[n+]1Cc1ccccc1. The van der Waals surface area contributed by atoms with E-state index in [4.69, 9.17) is 0 Å². The van der Waals surface area contributed by atoms with Crippen molar-refractivity contribution < 1.29 is 4.57 Å². The maximum absolute atomic E-state index is 3.64. The van der Waals surface area contributed by atoms with Gasteiger partial charge in [-0.1, -0.05) is 147 Å². The number of nitrogens with one attached hydrogen (secondary N) is 1. The molecule has 0 unspecified atom stereocenters. The van der Waals surface area contributed by atoms with Crippen LogP contribution in [-0.2, 0) is 6.54 Å². The highest BCUT2D eigenvalue weighted by atomic mass is 15.1. The number of aromatic amines is 1. The Labute approximate surface area is 205 Å². The van der Waals surface area contributed by atoms with E-state index in [1.807, 2.05) is 0 Å². The van der Waals surface area contributed by atoms with Crippen LogP contribution in [0.15, 0.2) is 42.7 Å². The van der Waals surface area contributed by atoms with Crippen molar-refractivity contribution in [2.45, 2.75) is 142 Å². The van der Waals surface area contributed by atoms with Crippen LogP contribution in [0, 0.1) is 0 Å². The Morgan fingerprint density at radius 2 is 1.12 bits per heavy atom. The third kappa shape index (κ3) is 12.5. The van der Waals surface area contributed by atoms with E-state index < -0.39 is 0 Å². The lowest BCUT2D eigenvalue weighted by molar-refractivity contribution is -0.695. The molecule has 0 bridgehead atoms. The van der Waals surface area contributed by atoms with Gasteiger partial charge in [-0.05, 0) is 18.4 Å². The molecule has 1 atom stereocenters. The first-order chi connectivity index (χ1) is 16.3. The summed E-state index contributed by atoms with van der Waals surface area (Å²) in [5, 5.41) is 0. The molecule has 0 aliphatic heterocycles. The Morgan fingerprint density at radius 1 is 0.636 bits per heavy atom. The summed E-state index contributed by atoms with van der Waals surface area (Å²) in [5.74, 6) is 2.12. The van der Waals surface area contributed by atoms with Gasteiger partial charge in [0.25, 0.3) is 5.82 Å². The second-order valence-corrected chi connectivity index (χ2v) is 10.2. The minimum Gasteiger partial charge on any atom is -0.247 e. The number of hydrogen-bond donors (Lipinski definition) is 1. The Hall–Kier alpha value is -1.57. The first kappa shape index (κ1) is 27.7. The monoisotopic (exact) mass is 453 g/mol. The van der Waals surface area contributed by atoms with Crippen molar-refractivity contribution in [1.82, 2.24) is 4.98 Å². The number of hydrogen-bond acceptors (Lipinski definition) is 0. The fourth-order valence-corrected chi connectivity index (χ4v) is 5.11. The van der Waals surface area contributed by atoms with E-state index >= 15 is 0 Å². The lowest BCUT2D eigenvalue weighted by Gasteiger charge is -2.14. The second-order valence-electron chi connectivity index (χ2n) is 10.2. The molecule has 0 saturated carbocycles. The van der Waals surface area contributed by atoms with Gasteiger partial charge in [0.2, 0.25) is 0 Å². The van der Waals surface area contributed by atoms with Crippen LogP contribution in [0.3, 0.4) is 0 Å². The molecule has 2 nitrogen and oxygen atoms in total. The van der Waals surface area contributed by atoms with Gasteiger partial charge in [-0.2, -0.15) is 0 Å². The molecule has 0 saturated heterocycles. The lowest BCUT2D eigenvalue weighted by Crippen LogP contribution is -2.38. The highest BCUT2D eigenvalue weighted by molar-refractivity contribution is 5.13. The fourth-order valence-electron chi connectivity index (χ4n) is 5.11. The molecule has 186 valence electrons. The van der Waals surface area contributed by atoms with Crippen LogP contribution >= 0.6 is 0 Å². The average molecular weight is 454 g/mol. The normalized spacial score (nSPS) is 12.3. The predicted octanol–water partition coefficient (Wildman–Crippen LogP) is 9.50. The largest absolute Gasteiger partial charge is 0.257 e. The minimum absolute atomic E-state index is 0.670. The molecule has 1 N–H and O–H groups in total. The molecule has 33 heavy (non-hydrogen) atoms. The number of H-pyrrole nitrogens is 1. The summed E-state index contributed by atoms with van der Waals surface area (Å²) >= 11 is 0. The third-order valence-electron chi connectivity index (χ3n) is 7.19. The molecule has 0 aliphatic carbocycles. The summed E-state index contributed by atoms with van der Waals surface area (Å²) in [6.45, 7) is 5.58. The highest BCUT2D eigenvalue weighted by Gasteiger charge is 2.22. The minimum atomic E-state index is 0.670. The molecular formula is C31H53N2+. The van der Waals surface area contributed by atoms with Crippen molar-refractivity contribution >= 4 is 0 Å². The molecule has 0 fully saturated rings. The van der Waals surface area contributed by atoms with Gasteiger partial charge < -0.3 is 0 Å². The number of unbranched alkanes of at least 4 members (excludes halogenated alkanes) is 14. The van der Waals surface area contributed by atoms with E-state index in [0.717, 1.165) is 6.54 Å². The molecule has 1 heterocycles. The zero-order valence-electron chi connectivity index (χ0n) is 22.0. The molecule has 2 heteroatoms. The van der Waals surface area contributed by atoms with Gasteiger partial charge in [-0.25, -0.2) is 9.55 Å². The van der Waals surface area contributed by atoms with Crippen molar-refractivity contribution in [3.8, 4) is 0 Å². The molecule has 0 spiro atoms. The first-order valence-electron chi connectivity index (χ1n) is 14.5. The van der Waals surface area contributed by atoms with Crippen LogP contribution in [0.1, 0.15) is 147 Å². The van der Waals surface area contributed by atoms with Gasteiger partial charge in [0.05, 0.1) is 5.92 Å². The van der Waals surface area contributed by atoms with Gasteiger partial charge in [0, 0.05) is 0 Å². The van der Waals surface area contributed by atoms with Gasteiger partial charge in [-0.15, -0.1) is 0 Å². The zero-order chi connectivity index (χ0) is 23.4. The van der Waals surface area contributed by atoms with Crippen molar-refractivity contribution in [1.29, 1.82) is 0 Å². The fraction of sp³-hybridized carbons (Fsp3) is 0.710. The van der Waals surface area contributed by atoms with Crippen LogP contribution in [0.5, 0.6) is 0 Å². The Kier molecular flexibility index (Phi) is 15.8. The van der Waals surface area contributed by atoms with E-state index in [1.165, 1.54) is 127 Å². The summed E-state index contributed by atoms with van der Waals surface area (Å²) in [7, 11) is 0. The molecule has 0 amide bonds. The number of aromatic nitrogens is 2. The van der Waals surface area contributed by atoms with E-state index in [-0.39, 0.29) is 0 Å². The maximum atomic E-state index is 3.64. The van der Waals surface area contributed by atoms with Gasteiger partial charge in [0.15, 0.2) is 0 Å². The summed E-state index contributed by atoms with van der Waals surface area (Å²) in [6, 6.07) is 10.9. The highest BCUT2D eigenvalue weighted by Crippen LogP contribution is 2.26. The molecule has 2 aromatic rings. The molecule has 2 rings (SSSR count). The smallest absolute Gasteiger partial charge is 0.247 e. The predicted molar refractivity (Wildman–Crippen MR) is 144 cm³/mol. The quantitative estimate of drug-likeness (QED) is 0.143. The van der Waals surface area contributed by atoms with Gasteiger partial charge in [0.1, 0.15) is 18.9 Å². The molecule has 0 radical (unpaired) electrons. The van der Waals surface area contributed by atoms with Crippen LogP contribution in [0.2, 0.25) is 0 Å². The van der Waals surface area contributed by atoms with Crippen molar-refractivity contribution in [3.05, 3.63) is 54.1 Å². The van der Waals surface area contributed by atoms with E-state index in [0.29, 0.717) is 5.92 Å². The molecular weight excluding hydrogens is 400 g/mol. The standard InChI is InChI=1S/C31H52N2/c1-3-5-7-9-11-12-14-16-21-25-30(24-20-15-13-10-8-6-4-2)31-32-26-27-33(31)28-29-22-18-17-19-23-29/h17-19,22-23,26-27,30H,3-16,20-21,24-25,28H2,1-2H3/p+1/t30-/m0/s1. The summed E-state index contributed by atoms with van der Waals surface area (Å²) in [5.41, 5.74) is 1.39. The Balaban J connectivity index is 1.80. The molecule has 1 aromatic carbocycles. The third-order valence-corrected chi connectivity index (χ3v) is 7.19. The second kappa shape index (κ2) is 18.8. The number of benzene rings is 1. The van der Waals surface area contributed by atoms with E-state index in [1.54, 1.807) is 0 Å². The number of nitrogens with zero attached hydrogens (tertiary/aromatic N) is 1. The van der Waals surface area contributed by atoms with Crippen LogP contribution in [-0.4, -0.2) is 4.98 Å². The Morgan fingerprint density at radius 3 is 1.64 bits per heavy atom. The van der Waals surface area contributed by atoms with Gasteiger partial charge in [-0.3, -0.25) is 0 Å². The van der Waals surface area contributed by atoms with Crippen LogP contribution in [0.25, 0.3) is 0 Å². The maximum Gasteiger partial charge on any atom is 0.257 e. The molecule has 0 aliphatic rings. The topological polar surface area (TPSA) is 19.7 Å². The lowest BCUT2D eigenvalue weighted by atomic mass is 9.93. The van der Waals surface area contributed by atoms with Crippen molar-refractivity contribution in [3.63, 3.8) is 0 Å². The van der Waals surface area contributed by atoms with Gasteiger partial charge >= 0.3 is 0 Å². The Bertz CT molecular complexity index is 675. The zero-order valence-corrected chi connectivity index (χ0v) is 22.0. The van der Waals surface area contributed by atoms with Crippen molar-refractivity contribution in [2.75, 3.05) is 0 Å². The number of rotatable bonds is 21. The first-order valence-corrected chi connectivity index (χ1v) is 14.5. The summed E-state index contributed by atoms with van der Waals surface area (Å²) in [4.78, 5) is 3.64. The average Bonchev–Trinajstić information content (AvgIpc) is 3.29. The molecule has 1 aromatic heterocycles. The van der Waals surface area contributed by atoms with Crippen LogP contribution in [0.4, 0.5) is 0 Å². The van der Waals surface area contributed by atoms with Crippen molar-refractivity contribution in [2.24, 2.45) is 0 Å². The van der Waals surface area contributed by atoms with Crippen LogP contribution < -0.4 is 4.57 Å². The number of imidazole rings is 1.